The van der Waals surface area contributed by atoms with Crippen LogP contribution in [0.15, 0.2) is 78.9 Å². The van der Waals surface area contributed by atoms with E-state index >= 15 is 0 Å². The first kappa shape index (κ1) is 31.5. The first-order valence-electron chi connectivity index (χ1n) is 14.4. The smallest absolute Gasteiger partial charge is 0.450 e. The fourth-order valence-corrected chi connectivity index (χ4v) is 6.81. The molecule has 15 heteroatoms. The second kappa shape index (κ2) is 12.4. The minimum Gasteiger partial charge on any atom is -0.450 e. The molecule has 3 fully saturated rings. The number of aromatic nitrogens is 4. The minimum atomic E-state index is -5.01. The Balaban J connectivity index is 1.40. The van der Waals surface area contributed by atoms with Crippen LogP contribution < -0.4 is 5.32 Å². The van der Waals surface area contributed by atoms with E-state index in [1.54, 1.807) is 0 Å². The van der Waals surface area contributed by atoms with Crippen molar-refractivity contribution in [3.8, 4) is 5.69 Å². The Morgan fingerprint density at radius 1 is 0.957 bits per heavy atom. The van der Waals surface area contributed by atoms with Crippen molar-refractivity contribution in [2.45, 2.75) is 49.4 Å². The fourth-order valence-electron chi connectivity index (χ4n) is 6.81. The molecule has 0 radical (unpaired) electrons. The highest BCUT2D eigenvalue weighted by Gasteiger charge is 2.52. The van der Waals surface area contributed by atoms with Crippen molar-refractivity contribution in [1.82, 2.24) is 30.4 Å². The van der Waals surface area contributed by atoms with Gasteiger partial charge in [-0.05, 0) is 58.3 Å². The molecule has 2 bridgehead atoms. The van der Waals surface area contributed by atoms with Gasteiger partial charge in [0.15, 0.2) is 0 Å². The number of hydrogen-bond donors (Lipinski definition) is 2. The largest absolute Gasteiger partial charge is 0.506 e. The predicted octanol–water partition coefficient (Wildman–Crippen LogP) is 5.76. The first-order chi connectivity index (χ1) is 21.9. The number of ether oxygens (including phenoxy) is 1. The van der Waals surface area contributed by atoms with Crippen LogP contribution in [-0.2, 0) is 23.6 Å². The van der Waals surface area contributed by atoms with E-state index in [9.17, 15) is 36.2 Å². The molecule has 3 aromatic carbocycles. The van der Waals surface area contributed by atoms with Crippen LogP contribution >= 0.6 is 0 Å². The average molecular weight is 647 g/mol. The second-order valence-corrected chi connectivity index (χ2v) is 11.4. The number of carboxylic acid groups (broad SMARTS) is 1. The SMILES string of the molecule is O=C(O)O[C@@H]1CN2CC[C@@H]1[C@H](NCc1cc(-n3nnnc3C(F)(F)F)cc(C(F)(F)F)c1)[C@@H]2C(c1ccccc1)c1ccccc1. The number of halogens is 6. The summed E-state index contributed by atoms with van der Waals surface area (Å²) in [5.74, 6) is -2.10. The highest BCUT2D eigenvalue weighted by atomic mass is 19.4. The molecule has 5 atom stereocenters. The van der Waals surface area contributed by atoms with Gasteiger partial charge in [0.05, 0.1) is 11.3 Å². The number of piperidine rings is 3. The number of nitrogens with zero attached hydrogens (tertiary/aromatic N) is 5. The van der Waals surface area contributed by atoms with Gasteiger partial charge in [0.25, 0.3) is 5.82 Å². The molecular formula is C31H28F6N6O3. The highest BCUT2D eigenvalue weighted by molar-refractivity contribution is 5.57. The van der Waals surface area contributed by atoms with Gasteiger partial charge in [-0.1, -0.05) is 60.7 Å². The van der Waals surface area contributed by atoms with Gasteiger partial charge in [0, 0.05) is 37.0 Å². The Labute approximate surface area is 258 Å². The lowest BCUT2D eigenvalue weighted by Gasteiger charge is -2.56. The monoisotopic (exact) mass is 646 g/mol. The number of nitrogens with one attached hydrogen (secondary N) is 1. The van der Waals surface area contributed by atoms with Crippen molar-refractivity contribution in [2.24, 2.45) is 5.92 Å². The van der Waals surface area contributed by atoms with Gasteiger partial charge in [-0.3, -0.25) is 4.90 Å². The van der Waals surface area contributed by atoms with E-state index in [1.165, 1.54) is 6.07 Å². The molecule has 0 amide bonds. The lowest BCUT2D eigenvalue weighted by Crippen LogP contribution is -2.69. The molecule has 4 aromatic rings. The molecule has 242 valence electrons. The van der Waals surface area contributed by atoms with Gasteiger partial charge in [0.1, 0.15) is 6.10 Å². The average Bonchev–Trinajstić information content (AvgIpc) is 3.53. The number of alkyl halides is 6. The third kappa shape index (κ3) is 6.42. The number of fused-ring (bicyclic) bond motifs is 3. The maximum absolute atomic E-state index is 14.0. The van der Waals surface area contributed by atoms with Gasteiger partial charge >= 0.3 is 18.5 Å². The number of tetrazole rings is 1. The Bertz CT molecular complexity index is 1630. The van der Waals surface area contributed by atoms with Gasteiger partial charge in [0.2, 0.25) is 0 Å². The molecule has 4 heterocycles. The number of hydrogen-bond acceptors (Lipinski definition) is 7. The van der Waals surface area contributed by atoms with Crippen LogP contribution in [0.3, 0.4) is 0 Å². The highest BCUT2D eigenvalue weighted by Crippen LogP contribution is 2.43. The van der Waals surface area contributed by atoms with E-state index in [2.05, 4.69) is 25.7 Å². The van der Waals surface area contributed by atoms with Crippen LogP contribution in [0.25, 0.3) is 5.69 Å². The van der Waals surface area contributed by atoms with Crippen molar-refractivity contribution in [2.75, 3.05) is 13.1 Å². The molecule has 9 nitrogen and oxygen atoms in total. The molecule has 1 aromatic heterocycles. The summed E-state index contributed by atoms with van der Waals surface area (Å²) in [5, 5.41) is 22.1. The van der Waals surface area contributed by atoms with Crippen molar-refractivity contribution in [3.05, 3.63) is 107 Å². The van der Waals surface area contributed by atoms with Gasteiger partial charge < -0.3 is 15.2 Å². The van der Waals surface area contributed by atoms with Crippen LogP contribution in [0.1, 0.15) is 40.4 Å². The molecule has 3 aliphatic rings. The molecule has 2 N–H and O–H groups in total. The van der Waals surface area contributed by atoms with Crippen LogP contribution in [0.5, 0.6) is 0 Å². The summed E-state index contributed by atoms with van der Waals surface area (Å²) in [5.41, 5.74) is 0.347. The maximum Gasteiger partial charge on any atom is 0.506 e. The van der Waals surface area contributed by atoms with E-state index in [0.29, 0.717) is 25.6 Å². The molecular weight excluding hydrogens is 618 g/mol. The molecule has 46 heavy (non-hydrogen) atoms. The van der Waals surface area contributed by atoms with Crippen molar-refractivity contribution >= 4 is 6.16 Å². The fraction of sp³-hybridized carbons (Fsp3) is 0.355. The standard InChI is InChI=1S/C31H28F6N6O3/c32-30(33,34)21-13-18(14-22(15-21)43-28(31(35,36)37)39-40-41-43)16-38-26-23-11-12-42(17-24(23)46-29(44)45)27(26)25(19-7-3-1-4-8-19)20-9-5-2-6-10-20/h1-10,13-15,23-27,38H,11-12,16-17H2,(H,44,45)/t23-,24+,26-,27-/m0/s1. The molecule has 7 rings (SSSR count). The van der Waals surface area contributed by atoms with Crippen LogP contribution in [0.2, 0.25) is 0 Å². The molecule has 1 unspecified atom stereocenters. The summed E-state index contributed by atoms with van der Waals surface area (Å²) in [7, 11) is 0. The van der Waals surface area contributed by atoms with E-state index in [-0.39, 0.29) is 34.7 Å². The number of carbonyl (C=O) groups is 1. The summed E-state index contributed by atoms with van der Waals surface area (Å²) >= 11 is 0. The summed E-state index contributed by atoms with van der Waals surface area (Å²) in [6.07, 6.45) is -11.4. The zero-order valence-electron chi connectivity index (χ0n) is 24.0. The molecule has 3 aliphatic heterocycles. The summed E-state index contributed by atoms with van der Waals surface area (Å²) in [6, 6.07) is 21.3. The van der Waals surface area contributed by atoms with Gasteiger partial charge in [-0.2, -0.15) is 31.0 Å². The Morgan fingerprint density at radius 2 is 1.61 bits per heavy atom. The van der Waals surface area contributed by atoms with Gasteiger partial charge in [-0.15, -0.1) is 5.10 Å². The second-order valence-electron chi connectivity index (χ2n) is 11.4. The summed E-state index contributed by atoms with van der Waals surface area (Å²) < 4.78 is 88.1. The minimum absolute atomic E-state index is 0.0373. The molecule has 0 aliphatic carbocycles. The maximum atomic E-state index is 14.0. The van der Waals surface area contributed by atoms with Crippen molar-refractivity contribution in [1.29, 1.82) is 0 Å². The number of benzene rings is 3. The predicted molar refractivity (Wildman–Crippen MR) is 151 cm³/mol. The topological polar surface area (TPSA) is 105 Å². The number of rotatable bonds is 8. The quantitative estimate of drug-likeness (QED) is 0.184. The normalized spacial score (nSPS) is 23.1. The van der Waals surface area contributed by atoms with E-state index in [4.69, 9.17) is 4.74 Å². The van der Waals surface area contributed by atoms with Gasteiger partial charge in [-0.25, -0.2) is 4.79 Å². The Kier molecular flexibility index (Phi) is 8.46. The van der Waals surface area contributed by atoms with E-state index in [1.807, 2.05) is 60.7 Å². The third-order valence-corrected chi connectivity index (χ3v) is 8.62. The van der Waals surface area contributed by atoms with E-state index in [0.717, 1.165) is 17.2 Å². The third-order valence-electron chi connectivity index (χ3n) is 8.62. The molecule has 0 saturated carbocycles. The van der Waals surface area contributed by atoms with E-state index < -0.39 is 47.7 Å². The zero-order chi connectivity index (χ0) is 32.6. The van der Waals surface area contributed by atoms with Crippen LogP contribution in [0, 0.1) is 5.92 Å². The summed E-state index contributed by atoms with van der Waals surface area (Å²) in [6.45, 7) is 0.807. The van der Waals surface area contributed by atoms with Crippen LogP contribution in [0.4, 0.5) is 31.1 Å². The lowest BCUT2D eigenvalue weighted by atomic mass is 9.69. The Morgan fingerprint density at radius 3 is 2.20 bits per heavy atom. The van der Waals surface area contributed by atoms with Crippen molar-refractivity contribution in [3.63, 3.8) is 0 Å². The summed E-state index contributed by atoms with van der Waals surface area (Å²) in [4.78, 5) is 13.7. The first-order valence-corrected chi connectivity index (χ1v) is 14.4. The lowest BCUT2D eigenvalue weighted by molar-refractivity contribution is -0.146. The molecule has 3 saturated heterocycles. The molecule has 0 spiro atoms. The van der Waals surface area contributed by atoms with Crippen molar-refractivity contribution < 1.29 is 41.0 Å². The zero-order valence-corrected chi connectivity index (χ0v) is 24.0. The Hall–Kier alpha value is -4.50. The van der Waals surface area contributed by atoms with Crippen LogP contribution in [-0.4, -0.2) is 67.6 Å².